The molecular formula is C11H18N4. The lowest BCUT2D eigenvalue weighted by atomic mass is 10.0. The summed E-state index contributed by atoms with van der Waals surface area (Å²) in [6.07, 6.45) is 3.54. The van der Waals surface area contributed by atoms with Gasteiger partial charge < -0.3 is 10.6 Å². The van der Waals surface area contributed by atoms with Crippen molar-refractivity contribution in [2.24, 2.45) is 5.73 Å². The van der Waals surface area contributed by atoms with Gasteiger partial charge in [0, 0.05) is 43.2 Å². The van der Waals surface area contributed by atoms with E-state index in [1.165, 1.54) is 11.3 Å². The van der Waals surface area contributed by atoms with Crippen LogP contribution in [0.1, 0.15) is 23.9 Å². The number of fused-ring (bicyclic) bond motifs is 1. The number of rotatable bonds is 2. The molecule has 1 aromatic heterocycles. The highest BCUT2D eigenvalue weighted by atomic mass is 15.1. The number of hydrogen-bond donors (Lipinski definition) is 1. The Bertz CT molecular complexity index is 348. The van der Waals surface area contributed by atoms with Gasteiger partial charge in [0.05, 0.1) is 5.69 Å². The van der Waals surface area contributed by atoms with Crippen molar-refractivity contribution in [3.8, 4) is 0 Å². The van der Waals surface area contributed by atoms with E-state index in [9.17, 15) is 0 Å². The number of likely N-dealkylation sites (N-methyl/N-ethyl adjacent to an activating group) is 1. The smallest absolute Gasteiger partial charge is 0.115 e. The van der Waals surface area contributed by atoms with Gasteiger partial charge in [0.1, 0.15) is 6.33 Å². The zero-order chi connectivity index (χ0) is 10.8. The number of hydrogen-bond acceptors (Lipinski definition) is 4. The highest BCUT2D eigenvalue weighted by molar-refractivity contribution is 5.27. The maximum absolute atomic E-state index is 5.82. The third kappa shape index (κ3) is 2.33. The van der Waals surface area contributed by atoms with Gasteiger partial charge in [-0.05, 0) is 14.0 Å². The van der Waals surface area contributed by atoms with Crippen molar-refractivity contribution < 1.29 is 0 Å². The van der Waals surface area contributed by atoms with Gasteiger partial charge in [-0.1, -0.05) is 0 Å². The topological polar surface area (TPSA) is 55.0 Å². The van der Waals surface area contributed by atoms with Gasteiger partial charge in [0.2, 0.25) is 0 Å². The van der Waals surface area contributed by atoms with Gasteiger partial charge in [-0.3, -0.25) is 0 Å². The molecule has 1 aromatic rings. The van der Waals surface area contributed by atoms with E-state index in [4.69, 9.17) is 5.73 Å². The minimum Gasteiger partial charge on any atom is -0.328 e. The molecule has 0 bridgehead atoms. The van der Waals surface area contributed by atoms with Gasteiger partial charge in [0.25, 0.3) is 0 Å². The van der Waals surface area contributed by atoms with Crippen molar-refractivity contribution in [1.29, 1.82) is 0 Å². The molecule has 0 amide bonds. The Hall–Kier alpha value is -1.00. The van der Waals surface area contributed by atoms with Crippen LogP contribution in [0.3, 0.4) is 0 Å². The summed E-state index contributed by atoms with van der Waals surface area (Å²) in [6, 6.07) is 0.163. The van der Waals surface area contributed by atoms with Crippen molar-refractivity contribution in [3.05, 3.63) is 23.3 Å². The Morgan fingerprint density at radius 3 is 3.07 bits per heavy atom. The van der Waals surface area contributed by atoms with Crippen LogP contribution in [0.25, 0.3) is 0 Å². The minimum atomic E-state index is 0.163. The van der Waals surface area contributed by atoms with Crippen LogP contribution in [0.4, 0.5) is 0 Å². The van der Waals surface area contributed by atoms with Gasteiger partial charge in [0.15, 0.2) is 0 Å². The Balaban J connectivity index is 2.31. The first kappa shape index (κ1) is 10.5. The van der Waals surface area contributed by atoms with Crippen molar-refractivity contribution in [2.75, 3.05) is 13.6 Å². The Labute approximate surface area is 90.5 Å². The van der Waals surface area contributed by atoms with Gasteiger partial charge in [-0.15, -0.1) is 0 Å². The van der Waals surface area contributed by atoms with Crippen LogP contribution in [-0.2, 0) is 19.4 Å². The molecule has 0 aromatic carbocycles. The van der Waals surface area contributed by atoms with Crippen LogP contribution >= 0.6 is 0 Å². The van der Waals surface area contributed by atoms with Crippen LogP contribution < -0.4 is 5.73 Å². The Kier molecular flexibility index (Phi) is 2.98. The fourth-order valence-corrected chi connectivity index (χ4v) is 2.02. The SMILES string of the molecule is CC(N)Cc1ncnc2c1CN(C)CC2. The standard InChI is InChI=1S/C11H18N4/c1-8(12)5-11-9-6-15(2)4-3-10(9)13-7-14-11/h7-8H,3-6,12H2,1-2H3. The summed E-state index contributed by atoms with van der Waals surface area (Å²) < 4.78 is 0. The van der Waals surface area contributed by atoms with E-state index < -0.39 is 0 Å². The average molecular weight is 206 g/mol. The second kappa shape index (κ2) is 4.24. The normalized spacial score (nSPS) is 18.6. The van der Waals surface area contributed by atoms with Crippen LogP contribution in [0.15, 0.2) is 6.33 Å². The fourth-order valence-electron chi connectivity index (χ4n) is 2.02. The van der Waals surface area contributed by atoms with Gasteiger partial charge >= 0.3 is 0 Å². The van der Waals surface area contributed by atoms with Crippen molar-refractivity contribution >= 4 is 0 Å². The van der Waals surface area contributed by atoms with Gasteiger partial charge in [-0.2, -0.15) is 0 Å². The molecule has 0 saturated heterocycles. The van der Waals surface area contributed by atoms with Crippen LogP contribution in [0, 0.1) is 0 Å². The molecule has 0 radical (unpaired) electrons. The van der Waals surface area contributed by atoms with E-state index in [0.29, 0.717) is 0 Å². The summed E-state index contributed by atoms with van der Waals surface area (Å²) in [5.74, 6) is 0. The molecule has 0 fully saturated rings. The third-order valence-corrected chi connectivity index (χ3v) is 2.80. The number of nitrogens with two attached hydrogens (primary N) is 1. The largest absolute Gasteiger partial charge is 0.328 e. The molecule has 0 saturated carbocycles. The zero-order valence-electron chi connectivity index (χ0n) is 9.40. The molecule has 1 aliphatic heterocycles. The Morgan fingerprint density at radius 1 is 1.53 bits per heavy atom. The summed E-state index contributed by atoms with van der Waals surface area (Å²) in [5.41, 5.74) is 9.45. The fraction of sp³-hybridized carbons (Fsp3) is 0.636. The van der Waals surface area contributed by atoms with E-state index in [-0.39, 0.29) is 6.04 Å². The summed E-state index contributed by atoms with van der Waals surface area (Å²) in [4.78, 5) is 11.0. The molecule has 4 heteroatoms. The van der Waals surface area contributed by atoms with Crippen molar-refractivity contribution in [1.82, 2.24) is 14.9 Å². The molecule has 2 rings (SSSR count). The first-order valence-corrected chi connectivity index (χ1v) is 5.42. The van der Waals surface area contributed by atoms with E-state index >= 15 is 0 Å². The maximum atomic E-state index is 5.82. The second-order valence-corrected chi connectivity index (χ2v) is 4.41. The Morgan fingerprint density at radius 2 is 2.33 bits per heavy atom. The molecule has 1 atom stereocenters. The molecule has 2 N–H and O–H groups in total. The molecular weight excluding hydrogens is 188 g/mol. The maximum Gasteiger partial charge on any atom is 0.115 e. The van der Waals surface area contributed by atoms with E-state index in [2.05, 4.69) is 21.9 Å². The highest BCUT2D eigenvalue weighted by Gasteiger charge is 2.18. The second-order valence-electron chi connectivity index (χ2n) is 4.41. The molecule has 0 spiro atoms. The number of nitrogens with zero attached hydrogens (tertiary/aromatic N) is 3. The predicted molar refractivity (Wildman–Crippen MR) is 59.4 cm³/mol. The molecule has 1 aliphatic rings. The van der Waals surface area contributed by atoms with E-state index in [1.54, 1.807) is 6.33 Å². The van der Waals surface area contributed by atoms with Crippen molar-refractivity contribution in [2.45, 2.75) is 32.4 Å². The lowest BCUT2D eigenvalue weighted by Gasteiger charge is -2.25. The first-order valence-electron chi connectivity index (χ1n) is 5.42. The van der Waals surface area contributed by atoms with Crippen LogP contribution in [0.2, 0.25) is 0 Å². The predicted octanol–water partition coefficient (Wildman–Crippen LogP) is 0.354. The summed E-state index contributed by atoms with van der Waals surface area (Å²) in [5, 5.41) is 0. The monoisotopic (exact) mass is 206 g/mol. The molecule has 0 aliphatic carbocycles. The summed E-state index contributed by atoms with van der Waals surface area (Å²) in [7, 11) is 2.13. The highest BCUT2D eigenvalue weighted by Crippen LogP contribution is 2.18. The molecule has 1 unspecified atom stereocenters. The lowest BCUT2D eigenvalue weighted by Crippen LogP contribution is -2.30. The van der Waals surface area contributed by atoms with E-state index in [1.807, 2.05) is 6.92 Å². The summed E-state index contributed by atoms with van der Waals surface area (Å²) >= 11 is 0. The first-order chi connectivity index (χ1) is 7.16. The molecule has 82 valence electrons. The van der Waals surface area contributed by atoms with E-state index in [0.717, 1.165) is 31.6 Å². The number of aromatic nitrogens is 2. The van der Waals surface area contributed by atoms with Crippen LogP contribution in [0.5, 0.6) is 0 Å². The molecule has 15 heavy (non-hydrogen) atoms. The van der Waals surface area contributed by atoms with Crippen LogP contribution in [-0.4, -0.2) is 34.5 Å². The van der Waals surface area contributed by atoms with Crippen molar-refractivity contribution in [3.63, 3.8) is 0 Å². The molecule has 4 nitrogen and oxygen atoms in total. The quantitative estimate of drug-likeness (QED) is 0.759. The minimum absolute atomic E-state index is 0.163. The average Bonchev–Trinajstić information content (AvgIpc) is 2.18. The summed E-state index contributed by atoms with van der Waals surface area (Å²) in [6.45, 7) is 4.06. The third-order valence-electron chi connectivity index (χ3n) is 2.80. The molecule has 2 heterocycles. The zero-order valence-corrected chi connectivity index (χ0v) is 9.40. The lowest BCUT2D eigenvalue weighted by molar-refractivity contribution is 0.307. The van der Waals surface area contributed by atoms with Gasteiger partial charge in [-0.25, -0.2) is 9.97 Å².